The second kappa shape index (κ2) is 6.21. The molecule has 3 heteroatoms. The van der Waals surface area contributed by atoms with Crippen molar-refractivity contribution in [1.82, 2.24) is 10.2 Å². The third kappa shape index (κ3) is 3.24. The van der Waals surface area contributed by atoms with Gasteiger partial charge in [-0.05, 0) is 49.1 Å². The Morgan fingerprint density at radius 1 is 1.17 bits per heavy atom. The number of piperazine rings is 1. The van der Waals surface area contributed by atoms with Crippen LogP contribution in [-0.2, 0) is 6.42 Å². The first-order valence-corrected chi connectivity index (χ1v) is 6.78. The molecule has 0 spiro atoms. The number of hydrogen-bond acceptors (Lipinski definition) is 3. The average Bonchev–Trinajstić information content (AvgIpc) is 2.38. The highest BCUT2D eigenvalue weighted by molar-refractivity contribution is 5.41. The third-order valence-corrected chi connectivity index (χ3v) is 3.79. The second-order valence-electron chi connectivity index (χ2n) is 5.08. The molecule has 100 valence electrons. The van der Waals surface area contributed by atoms with E-state index in [9.17, 15) is 0 Å². The van der Waals surface area contributed by atoms with Gasteiger partial charge in [0.2, 0.25) is 0 Å². The van der Waals surface area contributed by atoms with Crippen LogP contribution in [0.1, 0.15) is 16.7 Å². The minimum atomic E-state index is 0.968. The Morgan fingerprint density at radius 2 is 1.78 bits per heavy atom. The minimum Gasteiger partial charge on any atom is -0.497 e. The molecule has 1 heterocycles. The Hall–Kier alpha value is -1.06. The zero-order valence-electron chi connectivity index (χ0n) is 11.8. The monoisotopic (exact) mass is 248 g/mol. The molecule has 0 saturated carbocycles. The predicted octanol–water partition coefficient (Wildman–Crippen LogP) is 1.76. The lowest BCUT2D eigenvalue weighted by Crippen LogP contribution is -2.44. The van der Waals surface area contributed by atoms with E-state index in [4.69, 9.17) is 4.74 Å². The van der Waals surface area contributed by atoms with E-state index in [0.717, 1.165) is 31.8 Å². The van der Waals surface area contributed by atoms with Crippen LogP contribution in [0.15, 0.2) is 12.1 Å². The van der Waals surface area contributed by atoms with Gasteiger partial charge in [0, 0.05) is 32.7 Å². The van der Waals surface area contributed by atoms with Crippen molar-refractivity contribution >= 4 is 0 Å². The fourth-order valence-electron chi connectivity index (χ4n) is 2.67. The molecule has 1 fully saturated rings. The summed E-state index contributed by atoms with van der Waals surface area (Å²) in [4.78, 5) is 2.54. The smallest absolute Gasteiger partial charge is 0.119 e. The Morgan fingerprint density at radius 3 is 2.33 bits per heavy atom. The number of benzene rings is 1. The number of hydrogen-bond donors (Lipinski definition) is 1. The van der Waals surface area contributed by atoms with Crippen LogP contribution in [0.4, 0.5) is 0 Å². The van der Waals surface area contributed by atoms with Gasteiger partial charge < -0.3 is 15.0 Å². The highest BCUT2D eigenvalue weighted by Crippen LogP contribution is 2.22. The van der Waals surface area contributed by atoms with Gasteiger partial charge in [0.15, 0.2) is 0 Å². The van der Waals surface area contributed by atoms with Crippen molar-refractivity contribution in [2.75, 3.05) is 39.8 Å². The molecule has 0 bridgehead atoms. The van der Waals surface area contributed by atoms with E-state index in [1.807, 2.05) is 0 Å². The maximum Gasteiger partial charge on any atom is 0.119 e. The molecule has 1 aliphatic rings. The minimum absolute atomic E-state index is 0.968. The zero-order valence-corrected chi connectivity index (χ0v) is 11.8. The number of rotatable bonds is 4. The Labute approximate surface area is 110 Å². The SMILES string of the molecule is COc1cc(C)c(CCN2CCNCC2)c(C)c1. The molecule has 0 aromatic heterocycles. The molecular weight excluding hydrogens is 224 g/mol. The van der Waals surface area contributed by atoms with Gasteiger partial charge in [0.25, 0.3) is 0 Å². The lowest BCUT2D eigenvalue weighted by molar-refractivity contribution is 0.243. The summed E-state index contributed by atoms with van der Waals surface area (Å²) in [6, 6.07) is 4.28. The molecule has 1 aromatic rings. The van der Waals surface area contributed by atoms with Gasteiger partial charge in [-0.3, -0.25) is 0 Å². The number of ether oxygens (including phenoxy) is 1. The van der Waals surface area contributed by atoms with Crippen LogP contribution in [0.2, 0.25) is 0 Å². The zero-order chi connectivity index (χ0) is 13.0. The predicted molar refractivity (Wildman–Crippen MR) is 75.5 cm³/mol. The summed E-state index contributed by atoms with van der Waals surface area (Å²) in [6.45, 7) is 10.1. The summed E-state index contributed by atoms with van der Waals surface area (Å²) in [5.74, 6) is 0.968. The molecule has 18 heavy (non-hydrogen) atoms. The first-order valence-electron chi connectivity index (χ1n) is 6.78. The summed E-state index contributed by atoms with van der Waals surface area (Å²) in [7, 11) is 1.73. The van der Waals surface area contributed by atoms with Gasteiger partial charge in [-0.1, -0.05) is 0 Å². The topological polar surface area (TPSA) is 24.5 Å². The van der Waals surface area contributed by atoms with E-state index in [2.05, 4.69) is 36.2 Å². The molecule has 1 aliphatic heterocycles. The Balaban J connectivity index is 2.00. The highest BCUT2D eigenvalue weighted by Gasteiger charge is 2.11. The number of aryl methyl sites for hydroxylation is 2. The molecule has 1 saturated heterocycles. The molecule has 2 rings (SSSR count). The van der Waals surface area contributed by atoms with E-state index in [-0.39, 0.29) is 0 Å². The molecule has 1 N–H and O–H groups in total. The molecule has 0 atom stereocenters. The van der Waals surface area contributed by atoms with E-state index >= 15 is 0 Å². The van der Waals surface area contributed by atoms with Crippen molar-refractivity contribution in [3.05, 3.63) is 28.8 Å². The van der Waals surface area contributed by atoms with Crippen LogP contribution < -0.4 is 10.1 Å². The molecule has 0 unspecified atom stereocenters. The Kier molecular flexibility index (Phi) is 4.61. The third-order valence-electron chi connectivity index (χ3n) is 3.79. The summed E-state index contributed by atoms with van der Waals surface area (Å²) >= 11 is 0. The number of methoxy groups -OCH3 is 1. The summed E-state index contributed by atoms with van der Waals surface area (Å²) < 4.78 is 5.31. The molecule has 0 radical (unpaired) electrons. The van der Waals surface area contributed by atoms with Crippen molar-refractivity contribution < 1.29 is 4.74 Å². The van der Waals surface area contributed by atoms with E-state index in [1.54, 1.807) is 7.11 Å². The quantitative estimate of drug-likeness (QED) is 0.879. The van der Waals surface area contributed by atoms with E-state index < -0.39 is 0 Å². The average molecular weight is 248 g/mol. The van der Waals surface area contributed by atoms with Crippen molar-refractivity contribution in [1.29, 1.82) is 0 Å². The van der Waals surface area contributed by atoms with E-state index in [1.165, 1.54) is 29.8 Å². The van der Waals surface area contributed by atoms with Crippen LogP contribution in [0.25, 0.3) is 0 Å². The number of nitrogens with zero attached hydrogens (tertiary/aromatic N) is 1. The van der Waals surface area contributed by atoms with Crippen LogP contribution in [-0.4, -0.2) is 44.7 Å². The first-order chi connectivity index (χ1) is 8.70. The lowest BCUT2D eigenvalue weighted by Gasteiger charge is -2.27. The lowest BCUT2D eigenvalue weighted by atomic mass is 9.99. The largest absolute Gasteiger partial charge is 0.497 e. The molecule has 0 amide bonds. The highest BCUT2D eigenvalue weighted by atomic mass is 16.5. The first kappa shape index (κ1) is 13.4. The fourth-order valence-corrected chi connectivity index (χ4v) is 2.67. The van der Waals surface area contributed by atoms with Crippen LogP contribution in [0, 0.1) is 13.8 Å². The van der Waals surface area contributed by atoms with Crippen LogP contribution >= 0.6 is 0 Å². The number of nitrogens with one attached hydrogen (secondary N) is 1. The molecule has 1 aromatic carbocycles. The van der Waals surface area contributed by atoms with E-state index in [0.29, 0.717) is 0 Å². The molecular formula is C15H24N2O. The summed E-state index contributed by atoms with van der Waals surface area (Å²) in [5.41, 5.74) is 4.18. The van der Waals surface area contributed by atoms with Gasteiger partial charge in [0.1, 0.15) is 5.75 Å². The van der Waals surface area contributed by atoms with Gasteiger partial charge in [-0.25, -0.2) is 0 Å². The van der Waals surface area contributed by atoms with Crippen molar-refractivity contribution in [3.63, 3.8) is 0 Å². The van der Waals surface area contributed by atoms with Crippen LogP contribution in [0.3, 0.4) is 0 Å². The van der Waals surface area contributed by atoms with Gasteiger partial charge in [0.05, 0.1) is 7.11 Å². The Bertz CT molecular complexity index is 374. The molecule has 3 nitrogen and oxygen atoms in total. The maximum absolute atomic E-state index is 5.31. The van der Waals surface area contributed by atoms with Crippen LogP contribution in [0.5, 0.6) is 5.75 Å². The normalized spacial score (nSPS) is 16.8. The summed E-state index contributed by atoms with van der Waals surface area (Å²) in [5, 5.41) is 3.39. The van der Waals surface area contributed by atoms with Gasteiger partial charge in [-0.15, -0.1) is 0 Å². The standard InChI is InChI=1S/C15H24N2O/c1-12-10-14(18-3)11-13(2)15(12)4-7-17-8-5-16-6-9-17/h10-11,16H,4-9H2,1-3H3. The fraction of sp³-hybridized carbons (Fsp3) is 0.600. The van der Waals surface area contributed by atoms with Crippen molar-refractivity contribution in [2.45, 2.75) is 20.3 Å². The molecule has 0 aliphatic carbocycles. The van der Waals surface area contributed by atoms with Gasteiger partial charge in [-0.2, -0.15) is 0 Å². The van der Waals surface area contributed by atoms with Crippen molar-refractivity contribution in [3.8, 4) is 5.75 Å². The van der Waals surface area contributed by atoms with Gasteiger partial charge >= 0.3 is 0 Å². The summed E-state index contributed by atoms with van der Waals surface area (Å²) in [6.07, 6.45) is 1.14. The second-order valence-corrected chi connectivity index (χ2v) is 5.08. The maximum atomic E-state index is 5.31. The van der Waals surface area contributed by atoms with Crippen molar-refractivity contribution in [2.24, 2.45) is 0 Å².